The van der Waals surface area contributed by atoms with Gasteiger partial charge in [-0.25, -0.2) is 4.98 Å². The highest BCUT2D eigenvalue weighted by Crippen LogP contribution is 2.32. The number of imidazole rings is 1. The first-order valence-corrected chi connectivity index (χ1v) is 9.35. The van der Waals surface area contributed by atoms with E-state index >= 15 is 0 Å². The standard InChI is InChI=1S/C15H16BrN3S2/c1-2-6-17-10-13-14(18-15-19(13)7-8-20-15)21-12-5-3-4-11(16)9-12/h3-5,7-9,17H,2,6,10H2,1H3. The van der Waals surface area contributed by atoms with E-state index in [1.165, 1.54) is 10.6 Å². The van der Waals surface area contributed by atoms with Gasteiger partial charge in [0.05, 0.1) is 5.69 Å². The molecule has 3 aromatic rings. The van der Waals surface area contributed by atoms with Crippen LogP contribution in [0.25, 0.3) is 4.96 Å². The van der Waals surface area contributed by atoms with Gasteiger partial charge >= 0.3 is 0 Å². The van der Waals surface area contributed by atoms with Crippen molar-refractivity contribution in [3.05, 3.63) is 46.0 Å². The van der Waals surface area contributed by atoms with Crippen molar-refractivity contribution in [2.24, 2.45) is 0 Å². The molecule has 110 valence electrons. The van der Waals surface area contributed by atoms with Crippen LogP contribution in [0.5, 0.6) is 0 Å². The zero-order chi connectivity index (χ0) is 14.7. The summed E-state index contributed by atoms with van der Waals surface area (Å²) in [6, 6.07) is 8.34. The van der Waals surface area contributed by atoms with E-state index in [1.54, 1.807) is 23.1 Å². The van der Waals surface area contributed by atoms with Crippen LogP contribution in [0.4, 0.5) is 0 Å². The number of benzene rings is 1. The molecule has 0 unspecified atom stereocenters. The van der Waals surface area contributed by atoms with Crippen molar-refractivity contribution in [3.8, 4) is 0 Å². The lowest BCUT2D eigenvalue weighted by molar-refractivity contribution is 0.653. The molecule has 1 aromatic carbocycles. The van der Waals surface area contributed by atoms with Crippen molar-refractivity contribution in [1.82, 2.24) is 14.7 Å². The molecule has 6 heteroatoms. The highest BCUT2D eigenvalue weighted by molar-refractivity contribution is 9.10. The van der Waals surface area contributed by atoms with Crippen LogP contribution in [-0.4, -0.2) is 15.9 Å². The predicted molar refractivity (Wildman–Crippen MR) is 93.3 cm³/mol. The molecule has 0 aliphatic carbocycles. The number of hydrogen-bond acceptors (Lipinski definition) is 4. The van der Waals surface area contributed by atoms with Gasteiger partial charge in [0, 0.05) is 27.5 Å². The fourth-order valence-corrected chi connectivity index (χ4v) is 4.40. The summed E-state index contributed by atoms with van der Waals surface area (Å²) >= 11 is 6.92. The Balaban J connectivity index is 1.89. The highest BCUT2D eigenvalue weighted by atomic mass is 79.9. The third-order valence-corrected chi connectivity index (χ3v) is 5.31. The lowest BCUT2D eigenvalue weighted by atomic mass is 10.4. The molecule has 0 saturated carbocycles. The Hall–Kier alpha value is -0.820. The van der Waals surface area contributed by atoms with Crippen LogP contribution in [0.15, 0.2) is 50.2 Å². The molecule has 0 bridgehead atoms. The number of halogens is 1. The molecule has 0 saturated heterocycles. The van der Waals surface area contributed by atoms with Gasteiger partial charge < -0.3 is 5.32 Å². The maximum atomic E-state index is 4.77. The van der Waals surface area contributed by atoms with Crippen molar-refractivity contribution in [2.45, 2.75) is 29.8 Å². The number of aromatic nitrogens is 2. The normalized spacial score (nSPS) is 11.3. The van der Waals surface area contributed by atoms with Crippen LogP contribution >= 0.6 is 39.0 Å². The van der Waals surface area contributed by atoms with Crippen LogP contribution in [0.1, 0.15) is 19.0 Å². The highest BCUT2D eigenvalue weighted by Gasteiger charge is 2.14. The SMILES string of the molecule is CCCNCc1c(Sc2cccc(Br)c2)nc2sccn12. The van der Waals surface area contributed by atoms with Crippen molar-refractivity contribution < 1.29 is 0 Å². The van der Waals surface area contributed by atoms with Gasteiger partial charge in [-0.3, -0.25) is 4.40 Å². The van der Waals surface area contributed by atoms with E-state index in [0.717, 1.165) is 34.0 Å². The van der Waals surface area contributed by atoms with Gasteiger partial charge in [-0.2, -0.15) is 0 Å². The molecular weight excluding hydrogens is 366 g/mol. The van der Waals surface area contributed by atoms with Gasteiger partial charge in [-0.15, -0.1) is 11.3 Å². The zero-order valence-electron chi connectivity index (χ0n) is 11.7. The van der Waals surface area contributed by atoms with Crippen LogP contribution in [-0.2, 0) is 6.54 Å². The molecule has 0 atom stereocenters. The van der Waals surface area contributed by atoms with Crippen LogP contribution in [0, 0.1) is 0 Å². The van der Waals surface area contributed by atoms with Crippen LogP contribution < -0.4 is 5.32 Å². The molecule has 0 radical (unpaired) electrons. The first-order chi connectivity index (χ1) is 10.3. The number of hydrogen-bond donors (Lipinski definition) is 1. The maximum absolute atomic E-state index is 4.77. The molecular formula is C15H16BrN3S2. The van der Waals surface area contributed by atoms with Crippen LogP contribution in [0.2, 0.25) is 0 Å². The monoisotopic (exact) mass is 381 g/mol. The van der Waals surface area contributed by atoms with Gasteiger partial charge in [0.25, 0.3) is 0 Å². The first kappa shape index (κ1) is 15.1. The number of fused-ring (bicyclic) bond motifs is 1. The largest absolute Gasteiger partial charge is 0.311 e. The van der Waals surface area contributed by atoms with E-state index in [9.17, 15) is 0 Å². The second kappa shape index (κ2) is 6.96. The minimum absolute atomic E-state index is 0.849. The second-order valence-electron chi connectivity index (χ2n) is 4.66. The number of thiazole rings is 1. The summed E-state index contributed by atoms with van der Waals surface area (Å²) in [6.07, 6.45) is 3.24. The molecule has 1 N–H and O–H groups in total. The van der Waals surface area contributed by atoms with E-state index in [0.29, 0.717) is 0 Å². The summed E-state index contributed by atoms with van der Waals surface area (Å²) in [5.74, 6) is 0. The minimum atomic E-state index is 0.849. The average Bonchev–Trinajstić information content (AvgIpc) is 3.02. The lowest BCUT2D eigenvalue weighted by Gasteiger charge is -2.06. The van der Waals surface area contributed by atoms with E-state index in [-0.39, 0.29) is 0 Å². The van der Waals surface area contributed by atoms with Crippen molar-refractivity contribution >= 4 is 44.0 Å². The van der Waals surface area contributed by atoms with E-state index in [2.05, 4.69) is 62.3 Å². The number of nitrogens with one attached hydrogen (secondary N) is 1. The Kier molecular flexibility index (Phi) is 5.00. The smallest absolute Gasteiger partial charge is 0.194 e. The molecule has 0 aliphatic rings. The lowest BCUT2D eigenvalue weighted by Crippen LogP contribution is -2.15. The van der Waals surface area contributed by atoms with Gasteiger partial charge in [0.2, 0.25) is 0 Å². The third kappa shape index (κ3) is 3.51. The van der Waals surface area contributed by atoms with Gasteiger partial charge in [-0.1, -0.05) is 40.7 Å². The van der Waals surface area contributed by atoms with E-state index in [1.807, 2.05) is 6.07 Å². The minimum Gasteiger partial charge on any atom is -0.311 e. The summed E-state index contributed by atoms with van der Waals surface area (Å²) in [5, 5.41) is 6.65. The van der Waals surface area contributed by atoms with Crippen molar-refractivity contribution in [1.29, 1.82) is 0 Å². The Morgan fingerprint density at radius 1 is 1.43 bits per heavy atom. The Labute approximate surface area is 140 Å². The number of rotatable bonds is 6. The molecule has 2 aromatic heterocycles. The van der Waals surface area contributed by atoms with Gasteiger partial charge in [-0.05, 0) is 31.2 Å². The van der Waals surface area contributed by atoms with Gasteiger partial charge in [0.1, 0.15) is 5.03 Å². The van der Waals surface area contributed by atoms with E-state index in [4.69, 9.17) is 4.98 Å². The molecule has 3 rings (SSSR count). The Morgan fingerprint density at radius 2 is 2.33 bits per heavy atom. The molecule has 21 heavy (non-hydrogen) atoms. The molecule has 0 amide bonds. The van der Waals surface area contributed by atoms with Gasteiger partial charge in [0.15, 0.2) is 4.96 Å². The van der Waals surface area contributed by atoms with Crippen LogP contribution in [0.3, 0.4) is 0 Å². The fraction of sp³-hybridized carbons (Fsp3) is 0.267. The van der Waals surface area contributed by atoms with Crippen molar-refractivity contribution in [2.75, 3.05) is 6.54 Å². The average molecular weight is 382 g/mol. The topological polar surface area (TPSA) is 29.3 Å². The molecule has 0 fully saturated rings. The second-order valence-corrected chi connectivity index (χ2v) is 7.51. The Bertz CT molecular complexity index is 735. The third-order valence-electron chi connectivity index (χ3n) is 3.05. The quantitative estimate of drug-likeness (QED) is 0.621. The zero-order valence-corrected chi connectivity index (χ0v) is 14.9. The molecule has 0 aliphatic heterocycles. The molecule has 0 spiro atoms. The summed E-state index contributed by atoms with van der Waals surface area (Å²) in [7, 11) is 0. The Morgan fingerprint density at radius 3 is 3.14 bits per heavy atom. The van der Waals surface area contributed by atoms with Crippen molar-refractivity contribution in [3.63, 3.8) is 0 Å². The van der Waals surface area contributed by atoms with E-state index < -0.39 is 0 Å². The summed E-state index contributed by atoms with van der Waals surface area (Å²) in [5.41, 5.74) is 1.24. The molecule has 2 heterocycles. The number of nitrogens with zero attached hydrogens (tertiary/aromatic N) is 2. The summed E-state index contributed by atoms with van der Waals surface area (Å²) in [4.78, 5) is 7.02. The summed E-state index contributed by atoms with van der Waals surface area (Å²) in [6.45, 7) is 4.06. The predicted octanol–water partition coefficient (Wildman–Crippen LogP) is 4.81. The summed E-state index contributed by atoms with van der Waals surface area (Å²) < 4.78 is 3.28. The molecule has 3 nitrogen and oxygen atoms in total. The first-order valence-electron chi connectivity index (χ1n) is 6.86. The maximum Gasteiger partial charge on any atom is 0.194 e. The fourth-order valence-electron chi connectivity index (χ4n) is 2.08.